The van der Waals surface area contributed by atoms with Gasteiger partial charge in [0.25, 0.3) is 0 Å². The summed E-state index contributed by atoms with van der Waals surface area (Å²) in [6, 6.07) is 10.00. The van der Waals surface area contributed by atoms with E-state index in [2.05, 4.69) is 9.88 Å². The van der Waals surface area contributed by atoms with Crippen molar-refractivity contribution in [3.05, 3.63) is 35.5 Å². The van der Waals surface area contributed by atoms with Crippen molar-refractivity contribution in [2.45, 2.75) is 18.9 Å². The summed E-state index contributed by atoms with van der Waals surface area (Å²) in [6.45, 7) is 1.57. The average molecular weight is 263 g/mol. The minimum atomic E-state index is -0.259. The number of aliphatic hydroxyl groups excluding tert-OH is 1. The van der Waals surface area contributed by atoms with Crippen LogP contribution in [0.3, 0.4) is 0 Å². The summed E-state index contributed by atoms with van der Waals surface area (Å²) in [4.78, 5) is 6.54. The van der Waals surface area contributed by atoms with Gasteiger partial charge in [0, 0.05) is 18.5 Å². The van der Waals surface area contributed by atoms with Gasteiger partial charge in [-0.25, -0.2) is 4.98 Å². The van der Waals surface area contributed by atoms with Crippen LogP contribution in [0.25, 0.3) is 10.8 Å². The highest BCUT2D eigenvalue weighted by atomic mass is 35.5. The van der Waals surface area contributed by atoms with Crippen molar-refractivity contribution < 1.29 is 5.11 Å². The maximum absolute atomic E-state index is 9.72. The van der Waals surface area contributed by atoms with Gasteiger partial charge in [0.1, 0.15) is 11.0 Å². The van der Waals surface area contributed by atoms with Crippen LogP contribution in [0.5, 0.6) is 0 Å². The maximum atomic E-state index is 9.72. The summed E-state index contributed by atoms with van der Waals surface area (Å²) in [7, 11) is 0. The van der Waals surface area contributed by atoms with E-state index in [1.807, 2.05) is 30.3 Å². The predicted molar refractivity (Wildman–Crippen MR) is 74.2 cm³/mol. The molecule has 18 heavy (non-hydrogen) atoms. The number of aromatic nitrogens is 1. The van der Waals surface area contributed by atoms with Crippen LogP contribution in [0.4, 0.5) is 5.82 Å². The Balaban J connectivity index is 2.02. The number of hydrogen-bond donors (Lipinski definition) is 1. The van der Waals surface area contributed by atoms with Crippen LogP contribution in [0, 0.1) is 0 Å². The van der Waals surface area contributed by atoms with E-state index in [4.69, 9.17) is 11.6 Å². The van der Waals surface area contributed by atoms with Crippen molar-refractivity contribution in [2.75, 3.05) is 18.0 Å². The first kappa shape index (κ1) is 11.8. The third-order valence-electron chi connectivity index (χ3n) is 3.40. The summed E-state index contributed by atoms with van der Waals surface area (Å²) in [5.74, 6) is 0.859. The number of anilines is 1. The van der Waals surface area contributed by atoms with E-state index in [0.717, 1.165) is 36.0 Å². The molecule has 1 aliphatic heterocycles. The molecule has 1 atom stereocenters. The fraction of sp³-hybridized carbons (Fsp3) is 0.357. The van der Waals surface area contributed by atoms with Crippen molar-refractivity contribution >= 4 is 28.2 Å². The van der Waals surface area contributed by atoms with E-state index >= 15 is 0 Å². The minimum absolute atomic E-state index is 0.259. The Bertz CT molecular complexity index is 573. The molecule has 2 heterocycles. The number of nitrogens with zero attached hydrogens (tertiary/aromatic N) is 2. The number of halogens is 1. The summed E-state index contributed by atoms with van der Waals surface area (Å²) >= 11 is 6.22. The van der Waals surface area contributed by atoms with Crippen LogP contribution < -0.4 is 4.90 Å². The number of pyridine rings is 1. The normalized spacial score (nSPS) is 20.3. The summed E-state index contributed by atoms with van der Waals surface area (Å²) < 4.78 is 0. The van der Waals surface area contributed by atoms with Crippen molar-refractivity contribution in [1.82, 2.24) is 4.98 Å². The minimum Gasteiger partial charge on any atom is -0.391 e. The Labute approximate surface area is 111 Å². The monoisotopic (exact) mass is 262 g/mol. The maximum Gasteiger partial charge on any atom is 0.139 e. The molecule has 0 aliphatic carbocycles. The Morgan fingerprint density at radius 1 is 1.33 bits per heavy atom. The number of benzene rings is 1. The molecule has 0 spiro atoms. The highest BCUT2D eigenvalue weighted by molar-refractivity contribution is 6.34. The summed E-state index contributed by atoms with van der Waals surface area (Å²) in [5, 5.41) is 12.3. The molecule has 1 aromatic heterocycles. The first-order valence-electron chi connectivity index (χ1n) is 6.22. The molecule has 1 unspecified atom stereocenters. The fourth-order valence-corrected chi connectivity index (χ4v) is 2.73. The predicted octanol–water partition coefficient (Wildman–Crippen LogP) is 2.85. The topological polar surface area (TPSA) is 36.4 Å². The standard InChI is InChI=1S/C14H15ClN2O/c15-14-12-6-2-1-4-10(12)8-13(16-14)17-7-3-5-11(18)9-17/h1-2,4,6,8,11,18H,3,5,7,9H2. The molecule has 4 heteroatoms. The molecule has 94 valence electrons. The molecule has 1 saturated heterocycles. The molecule has 0 amide bonds. The number of piperidine rings is 1. The van der Waals surface area contributed by atoms with E-state index in [-0.39, 0.29) is 6.10 Å². The van der Waals surface area contributed by atoms with E-state index in [1.54, 1.807) is 0 Å². The van der Waals surface area contributed by atoms with Crippen molar-refractivity contribution in [1.29, 1.82) is 0 Å². The van der Waals surface area contributed by atoms with Gasteiger partial charge in [0.2, 0.25) is 0 Å². The number of β-amino-alcohol motifs (C(OH)–C–C–N with tert-alkyl or cyclic N) is 1. The SMILES string of the molecule is OC1CCCN(c2cc3ccccc3c(Cl)n2)C1. The number of rotatable bonds is 1. The van der Waals surface area contributed by atoms with Gasteiger partial charge in [-0.3, -0.25) is 0 Å². The van der Waals surface area contributed by atoms with Crippen LogP contribution in [-0.4, -0.2) is 29.3 Å². The highest BCUT2D eigenvalue weighted by Gasteiger charge is 2.19. The second kappa shape index (κ2) is 4.75. The van der Waals surface area contributed by atoms with E-state index < -0.39 is 0 Å². The fourth-order valence-electron chi connectivity index (χ4n) is 2.47. The molecule has 1 fully saturated rings. The molecule has 1 aliphatic rings. The molecule has 2 aromatic rings. The second-order valence-corrected chi connectivity index (χ2v) is 5.09. The quantitative estimate of drug-likeness (QED) is 0.803. The van der Waals surface area contributed by atoms with Gasteiger partial charge in [-0.05, 0) is 24.3 Å². The van der Waals surface area contributed by atoms with Gasteiger partial charge in [-0.15, -0.1) is 0 Å². The van der Waals surface area contributed by atoms with E-state index in [9.17, 15) is 5.11 Å². The molecular formula is C14H15ClN2O. The molecule has 0 bridgehead atoms. The van der Waals surface area contributed by atoms with Gasteiger partial charge >= 0.3 is 0 Å². The lowest BCUT2D eigenvalue weighted by Gasteiger charge is -2.31. The summed E-state index contributed by atoms with van der Waals surface area (Å²) in [6.07, 6.45) is 1.61. The highest BCUT2D eigenvalue weighted by Crippen LogP contribution is 2.27. The van der Waals surface area contributed by atoms with Crippen LogP contribution in [-0.2, 0) is 0 Å². The average Bonchev–Trinajstić information content (AvgIpc) is 2.39. The zero-order valence-electron chi connectivity index (χ0n) is 10.0. The number of aliphatic hydroxyl groups is 1. The molecule has 3 rings (SSSR count). The molecule has 3 nitrogen and oxygen atoms in total. The molecule has 0 radical (unpaired) electrons. The van der Waals surface area contributed by atoms with Crippen molar-refractivity contribution in [3.63, 3.8) is 0 Å². The van der Waals surface area contributed by atoms with Crippen molar-refractivity contribution in [2.24, 2.45) is 0 Å². The van der Waals surface area contributed by atoms with E-state index in [0.29, 0.717) is 11.7 Å². The van der Waals surface area contributed by atoms with E-state index in [1.165, 1.54) is 0 Å². The smallest absolute Gasteiger partial charge is 0.139 e. The summed E-state index contributed by atoms with van der Waals surface area (Å²) in [5.41, 5.74) is 0. The first-order valence-corrected chi connectivity index (χ1v) is 6.60. The van der Waals surface area contributed by atoms with Gasteiger partial charge < -0.3 is 10.0 Å². The Morgan fingerprint density at radius 2 is 2.17 bits per heavy atom. The van der Waals surface area contributed by atoms with Crippen LogP contribution in [0.2, 0.25) is 5.15 Å². The molecule has 1 aromatic carbocycles. The van der Waals surface area contributed by atoms with Gasteiger partial charge in [0.05, 0.1) is 6.10 Å². The second-order valence-electron chi connectivity index (χ2n) is 4.73. The lowest BCUT2D eigenvalue weighted by atomic mass is 10.1. The number of hydrogen-bond acceptors (Lipinski definition) is 3. The molecule has 0 saturated carbocycles. The Kier molecular flexibility index (Phi) is 3.10. The molecular weight excluding hydrogens is 248 g/mol. The van der Waals surface area contributed by atoms with Gasteiger partial charge in [0.15, 0.2) is 0 Å². The largest absolute Gasteiger partial charge is 0.391 e. The van der Waals surface area contributed by atoms with Crippen LogP contribution in [0.1, 0.15) is 12.8 Å². The Hall–Kier alpha value is -1.32. The van der Waals surface area contributed by atoms with Gasteiger partial charge in [-0.2, -0.15) is 0 Å². The van der Waals surface area contributed by atoms with Crippen molar-refractivity contribution in [3.8, 4) is 0 Å². The lowest BCUT2D eigenvalue weighted by Crippen LogP contribution is -2.38. The zero-order valence-corrected chi connectivity index (χ0v) is 10.8. The lowest BCUT2D eigenvalue weighted by molar-refractivity contribution is 0.154. The zero-order chi connectivity index (χ0) is 12.5. The van der Waals surface area contributed by atoms with Gasteiger partial charge in [-0.1, -0.05) is 35.9 Å². The van der Waals surface area contributed by atoms with Crippen LogP contribution in [0.15, 0.2) is 30.3 Å². The first-order chi connectivity index (χ1) is 8.74. The number of fused-ring (bicyclic) bond motifs is 1. The third-order valence-corrected chi connectivity index (χ3v) is 3.69. The van der Waals surface area contributed by atoms with Crippen LogP contribution >= 0.6 is 11.6 Å². The molecule has 1 N–H and O–H groups in total. The Morgan fingerprint density at radius 3 is 3.00 bits per heavy atom. The third kappa shape index (κ3) is 2.16.